The molecule has 8 nitrogen and oxygen atoms in total. The van der Waals surface area contributed by atoms with Crippen molar-refractivity contribution in [1.82, 2.24) is 19.1 Å². The Morgan fingerprint density at radius 2 is 2.18 bits per heavy atom. The third-order valence-corrected chi connectivity index (χ3v) is 2.59. The molecule has 0 amide bonds. The highest BCUT2D eigenvalue weighted by Gasteiger charge is 2.15. The fourth-order valence-corrected chi connectivity index (χ4v) is 1.56. The second-order valence-corrected chi connectivity index (χ2v) is 3.64. The lowest BCUT2D eigenvalue weighted by molar-refractivity contribution is -0.309. The summed E-state index contributed by atoms with van der Waals surface area (Å²) in [5, 5.41) is 10.8. The van der Waals surface area contributed by atoms with Crippen LogP contribution in [0.4, 0.5) is 0 Å². The fourth-order valence-electron chi connectivity index (χ4n) is 1.56. The first-order valence-electron chi connectivity index (χ1n) is 4.80. The number of aromatic amines is 1. The maximum atomic E-state index is 11.6. The van der Waals surface area contributed by atoms with Crippen LogP contribution in [-0.4, -0.2) is 25.1 Å². The number of nitrogens with zero attached hydrogens (tertiary/aromatic N) is 3. The molecule has 0 aliphatic carbocycles. The number of carbonyl (C=O) groups excluding carboxylic acids is 1. The highest BCUT2D eigenvalue weighted by molar-refractivity contribution is 5.75. The summed E-state index contributed by atoms with van der Waals surface area (Å²) in [5.74, 6) is -1.34. The number of hydrogen-bond acceptors (Lipinski definition) is 5. The summed E-state index contributed by atoms with van der Waals surface area (Å²) in [6.45, 7) is 1.36. The summed E-state index contributed by atoms with van der Waals surface area (Å²) < 4.78 is 2.29. The second kappa shape index (κ2) is 3.58. The smallest absolute Gasteiger partial charge is 0.329 e. The maximum Gasteiger partial charge on any atom is 0.329 e. The number of carboxylic acid groups (broad SMARTS) is 1. The average molecular weight is 237 g/mol. The lowest BCUT2D eigenvalue weighted by atomic mass is 10.3. The first-order valence-corrected chi connectivity index (χ1v) is 4.80. The summed E-state index contributed by atoms with van der Waals surface area (Å²) in [5.41, 5.74) is -1.11. The number of aryl methyl sites for hydroxylation is 1. The van der Waals surface area contributed by atoms with E-state index in [0.29, 0.717) is 0 Å². The number of nitrogens with one attached hydrogen (secondary N) is 1. The number of carbonyl (C=O) groups is 1. The minimum Gasteiger partial charge on any atom is -0.548 e. The van der Waals surface area contributed by atoms with Crippen LogP contribution in [0.15, 0.2) is 15.9 Å². The van der Waals surface area contributed by atoms with Crippen LogP contribution in [-0.2, 0) is 11.8 Å². The number of carboxylic acids is 1. The van der Waals surface area contributed by atoms with Gasteiger partial charge in [-0.05, 0) is 6.92 Å². The van der Waals surface area contributed by atoms with E-state index in [1.165, 1.54) is 20.3 Å². The molecular weight excluding hydrogens is 228 g/mol. The molecule has 1 N–H and O–H groups in total. The van der Waals surface area contributed by atoms with Gasteiger partial charge >= 0.3 is 5.69 Å². The number of imidazole rings is 1. The van der Waals surface area contributed by atoms with Crippen molar-refractivity contribution in [3.8, 4) is 0 Å². The number of aliphatic carboxylic acids is 1. The van der Waals surface area contributed by atoms with Gasteiger partial charge in [0.2, 0.25) is 0 Å². The van der Waals surface area contributed by atoms with Gasteiger partial charge in [-0.3, -0.25) is 14.3 Å². The quantitative estimate of drug-likeness (QED) is 0.633. The molecule has 0 aliphatic rings. The monoisotopic (exact) mass is 237 g/mol. The van der Waals surface area contributed by atoms with Crippen molar-refractivity contribution < 1.29 is 9.90 Å². The minimum absolute atomic E-state index is 0.0313. The number of aromatic nitrogens is 4. The summed E-state index contributed by atoms with van der Waals surface area (Å²) >= 11 is 0. The van der Waals surface area contributed by atoms with Gasteiger partial charge in [0.1, 0.15) is 0 Å². The first kappa shape index (κ1) is 11.1. The van der Waals surface area contributed by atoms with Crippen molar-refractivity contribution in [3.05, 3.63) is 27.2 Å². The molecular formula is C9H9N4O4-. The molecule has 90 valence electrons. The molecule has 8 heteroatoms. The summed E-state index contributed by atoms with van der Waals surface area (Å²) in [4.78, 5) is 39.6. The van der Waals surface area contributed by atoms with Crippen LogP contribution in [0, 0.1) is 0 Å². The average Bonchev–Trinajstić information content (AvgIpc) is 2.69. The van der Waals surface area contributed by atoms with Gasteiger partial charge in [0.05, 0.1) is 18.3 Å². The predicted octanol–water partition coefficient (Wildman–Crippen LogP) is -2.27. The normalized spacial score (nSPS) is 12.8. The molecule has 0 saturated carbocycles. The third-order valence-electron chi connectivity index (χ3n) is 2.59. The molecule has 0 radical (unpaired) electrons. The minimum atomic E-state index is -1.34. The van der Waals surface area contributed by atoms with Gasteiger partial charge in [0, 0.05) is 7.05 Å². The first-order chi connectivity index (χ1) is 7.93. The Labute approximate surface area is 94.1 Å². The van der Waals surface area contributed by atoms with E-state index in [2.05, 4.69) is 9.97 Å². The number of H-pyrrole nitrogens is 1. The van der Waals surface area contributed by atoms with Crippen LogP contribution in [0.5, 0.6) is 0 Å². The standard InChI is InChI=1S/C9H10N4O4/c1-4(8(15)16)13-3-10-6-5(13)7(14)11-9(17)12(6)2/h3-4H,1-2H3,(H,15,16)(H,11,14,17)/p-1. The van der Waals surface area contributed by atoms with Gasteiger partial charge in [0.15, 0.2) is 11.2 Å². The predicted molar refractivity (Wildman–Crippen MR) is 55.3 cm³/mol. The van der Waals surface area contributed by atoms with Crippen LogP contribution < -0.4 is 16.4 Å². The molecule has 0 fully saturated rings. The van der Waals surface area contributed by atoms with Crippen LogP contribution in [0.3, 0.4) is 0 Å². The fraction of sp³-hybridized carbons (Fsp3) is 0.333. The molecule has 2 rings (SSSR count). The van der Waals surface area contributed by atoms with Crippen LogP contribution >= 0.6 is 0 Å². The molecule has 1 unspecified atom stereocenters. The van der Waals surface area contributed by atoms with Crippen molar-refractivity contribution in [2.75, 3.05) is 0 Å². The molecule has 0 aromatic carbocycles. The summed E-state index contributed by atoms with van der Waals surface area (Å²) in [6, 6.07) is -1.04. The van der Waals surface area contributed by atoms with Crippen molar-refractivity contribution in [3.63, 3.8) is 0 Å². The number of fused-ring (bicyclic) bond motifs is 1. The topological polar surface area (TPSA) is 113 Å². The van der Waals surface area contributed by atoms with E-state index in [1.807, 2.05) is 0 Å². The summed E-state index contributed by atoms with van der Waals surface area (Å²) in [6.07, 6.45) is 1.19. The lowest BCUT2D eigenvalue weighted by Gasteiger charge is -2.14. The number of rotatable bonds is 2. The van der Waals surface area contributed by atoms with E-state index in [4.69, 9.17) is 0 Å². The van der Waals surface area contributed by atoms with E-state index in [1.54, 1.807) is 0 Å². The molecule has 2 heterocycles. The van der Waals surface area contributed by atoms with E-state index >= 15 is 0 Å². The van der Waals surface area contributed by atoms with Gasteiger partial charge in [0.25, 0.3) is 5.56 Å². The Hall–Kier alpha value is -2.38. The zero-order valence-electron chi connectivity index (χ0n) is 9.13. The Bertz CT molecular complexity index is 708. The Balaban J connectivity index is 2.87. The highest BCUT2D eigenvalue weighted by Crippen LogP contribution is 2.11. The van der Waals surface area contributed by atoms with Crippen molar-refractivity contribution in [1.29, 1.82) is 0 Å². The van der Waals surface area contributed by atoms with Crippen LogP contribution in [0.1, 0.15) is 13.0 Å². The van der Waals surface area contributed by atoms with Crippen molar-refractivity contribution in [2.24, 2.45) is 7.05 Å². The SMILES string of the molecule is CC(C(=O)[O-])n1cnc2c1c(=O)[nH]c(=O)n2C. The molecule has 0 aliphatic heterocycles. The van der Waals surface area contributed by atoms with Gasteiger partial charge < -0.3 is 14.5 Å². The molecule has 2 aromatic rings. The lowest BCUT2D eigenvalue weighted by Crippen LogP contribution is -2.34. The Morgan fingerprint density at radius 1 is 1.53 bits per heavy atom. The van der Waals surface area contributed by atoms with Gasteiger partial charge in [-0.15, -0.1) is 0 Å². The largest absolute Gasteiger partial charge is 0.548 e. The summed E-state index contributed by atoms with van der Waals surface area (Å²) in [7, 11) is 1.43. The molecule has 17 heavy (non-hydrogen) atoms. The zero-order chi connectivity index (χ0) is 12.7. The highest BCUT2D eigenvalue weighted by atomic mass is 16.4. The second-order valence-electron chi connectivity index (χ2n) is 3.64. The van der Waals surface area contributed by atoms with Crippen LogP contribution in [0.25, 0.3) is 11.2 Å². The van der Waals surface area contributed by atoms with E-state index in [9.17, 15) is 19.5 Å². The van der Waals surface area contributed by atoms with Crippen molar-refractivity contribution >= 4 is 17.1 Å². The third kappa shape index (κ3) is 1.53. The molecule has 1 atom stereocenters. The van der Waals surface area contributed by atoms with E-state index < -0.39 is 23.3 Å². The Kier molecular flexibility index (Phi) is 2.34. The Morgan fingerprint density at radius 3 is 2.76 bits per heavy atom. The molecule has 0 saturated heterocycles. The van der Waals surface area contributed by atoms with Crippen LogP contribution in [0.2, 0.25) is 0 Å². The molecule has 2 aromatic heterocycles. The zero-order valence-corrected chi connectivity index (χ0v) is 9.13. The molecule has 0 spiro atoms. The van der Waals surface area contributed by atoms with E-state index in [0.717, 1.165) is 9.13 Å². The maximum absolute atomic E-state index is 11.6. The molecule has 0 bridgehead atoms. The van der Waals surface area contributed by atoms with Gasteiger partial charge in [-0.1, -0.05) is 0 Å². The van der Waals surface area contributed by atoms with Crippen molar-refractivity contribution in [2.45, 2.75) is 13.0 Å². The van der Waals surface area contributed by atoms with Gasteiger partial charge in [-0.2, -0.15) is 0 Å². The number of hydrogen-bond donors (Lipinski definition) is 1. The van der Waals surface area contributed by atoms with Gasteiger partial charge in [-0.25, -0.2) is 9.78 Å². The van der Waals surface area contributed by atoms with E-state index in [-0.39, 0.29) is 11.2 Å².